The minimum absolute atomic E-state index is 0.779. The number of rotatable bonds is 8. The highest BCUT2D eigenvalue weighted by Crippen LogP contribution is 2.14. The highest BCUT2D eigenvalue weighted by atomic mass is 32.1. The lowest BCUT2D eigenvalue weighted by Crippen LogP contribution is -2.12. The van der Waals surface area contributed by atoms with Crippen LogP contribution in [-0.2, 0) is 19.5 Å². The van der Waals surface area contributed by atoms with Crippen molar-refractivity contribution in [3.63, 3.8) is 0 Å². The number of nitrogens with one attached hydrogen (secondary N) is 1. The van der Waals surface area contributed by atoms with Gasteiger partial charge in [0, 0.05) is 24.2 Å². The van der Waals surface area contributed by atoms with Crippen LogP contribution in [0.2, 0.25) is 0 Å². The van der Waals surface area contributed by atoms with Crippen LogP contribution in [0.4, 0.5) is 0 Å². The van der Waals surface area contributed by atoms with Gasteiger partial charge in [-0.2, -0.15) is 0 Å². The number of ether oxygens (including phenoxy) is 1. The van der Waals surface area contributed by atoms with Crippen LogP contribution in [0.1, 0.15) is 35.7 Å². The van der Waals surface area contributed by atoms with E-state index in [0.717, 1.165) is 43.3 Å². The van der Waals surface area contributed by atoms with Crippen LogP contribution in [0.3, 0.4) is 0 Å². The van der Waals surface area contributed by atoms with E-state index in [1.54, 1.807) is 11.3 Å². The molecule has 0 amide bonds. The first-order valence-corrected chi connectivity index (χ1v) is 7.99. The number of aromatic nitrogens is 1. The average Bonchev–Trinajstić information content (AvgIpc) is 2.94. The number of hydrogen-bond acceptors (Lipinski definition) is 4. The summed E-state index contributed by atoms with van der Waals surface area (Å²) < 4.78 is 5.57. The van der Waals surface area contributed by atoms with E-state index in [-0.39, 0.29) is 0 Å². The van der Waals surface area contributed by atoms with Gasteiger partial charge >= 0.3 is 0 Å². The van der Waals surface area contributed by atoms with Crippen LogP contribution in [0.25, 0.3) is 0 Å². The molecule has 0 aliphatic heterocycles. The zero-order valence-electron chi connectivity index (χ0n) is 12.2. The highest BCUT2D eigenvalue weighted by molar-refractivity contribution is 7.11. The molecule has 2 rings (SSSR count). The van der Waals surface area contributed by atoms with Crippen molar-refractivity contribution >= 4 is 11.3 Å². The minimum atomic E-state index is 0.779. The Morgan fingerprint density at radius 1 is 1.15 bits per heavy atom. The second-order valence-electron chi connectivity index (χ2n) is 4.67. The van der Waals surface area contributed by atoms with Gasteiger partial charge in [-0.25, -0.2) is 4.98 Å². The van der Waals surface area contributed by atoms with Crippen LogP contribution in [0.15, 0.2) is 30.5 Å². The molecule has 1 N–H and O–H groups in total. The number of benzene rings is 1. The van der Waals surface area contributed by atoms with Crippen molar-refractivity contribution in [3.05, 3.63) is 45.9 Å². The summed E-state index contributed by atoms with van der Waals surface area (Å²) in [7, 11) is 0. The molecule has 0 aliphatic rings. The van der Waals surface area contributed by atoms with Gasteiger partial charge in [-0.1, -0.05) is 26.0 Å². The first-order chi connectivity index (χ1) is 9.81. The Bertz CT molecular complexity index is 507. The van der Waals surface area contributed by atoms with E-state index in [4.69, 9.17) is 4.74 Å². The Hall–Kier alpha value is -1.39. The van der Waals surface area contributed by atoms with Crippen molar-refractivity contribution in [2.75, 3.05) is 6.61 Å². The lowest BCUT2D eigenvalue weighted by Gasteiger charge is -2.06. The molecule has 1 aromatic heterocycles. The average molecular weight is 290 g/mol. The molecule has 0 bridgehead atoms. The molecular weight excluding hydrogens is 268 g/mol. The fourth-order valence-corrected chi connectivity index (χ4v) is 2.66. The molecule has 2 aromatic rings. The SMILES string of the molecule is CCCOc1ccc(CNCc2ncc(CC)s2)cc1. The predicted octanol–water partition coefficient (Wildman–Crippen LogP) is 3.78. The van der Waals surface area contributed by atoms with Crippen molar-refractivity contribution < 1.29 is 4.74 Å². The van der Waals surface area contributed by atoms with Crippen molar-refractivity contribution in [2.45, 2.75) is 39.8 Å². The van der Waals surface area contributed by atoms with Gasteiger partial charge in [0.1, 0.15) is 10.8 Å². The fourth-order valence-electron chi connectivity index (χ4n) is 1.83. The summed E-state index contributed by atoms with van der Waals surface area (Å²) in [6.07, 6.45) is 4.08. The standard InChI is InChI=1S/C16H22N2OS/c1-3-9-19-14-7-5-13(6-8-14)10-17-12-16-18-11-15(4-2)20-16/h5-8,11,17H,3-4,9-10,12H2,1-2H3. The third kappa shape index (κ3) is 4.62. The van der Waals surface area contributed by atoms with Crippen molar-refractivity contribution in [2.24, 2.45) is 0 Å². The van der Waals surface area contributed by atoms with Gasteiger partial charge in [0.15, 0.2) is 0 Å². The second kappa shape index (κ2) is 8.02. The topological polar surface area (TPSA) is 34.1 Å². The molecule has 0 atom stereocenters. The molecule has 1 heterocycles. The third-order valence-corrected chi connectivity index (χ3v) is 4.09. The van der Waals surface area contributed by atoms with E-state index >= 15 is 0 Å². The van der Waals surface area contributed by atoms with Gasteiger partial charge in [0.2, 0.25) is 0 Å². The second-order valence-corrected chi connectivity index (χ2v) is 5.87. The van der Waals surface area contributed by atoms with E-state index in [9.17, 15) is 0 Å². The molecule has 108 valence electrons. The highest BCUT2D eigenvalue weighted by Gasteiger charge is 2.00. The van der Waals surface area contributed by atoms with E-state index < -0.39 is 0 Å². The van der Waals surface area contributed by atoms with Crippen molar-refractivity contribution in [3.8, 4) is 5.75 Å². The van der Waals surface area contributed by atoms with E-state index in [2.05, 4.69) is 36.3 Å². The summed E-state index contributed by atoms with van der Waals surface area (Å²) in [4.78, 5) is 5.75. The molecule has 20 heavy (non-hydrogen) atoms. The largest absolute Gasteiger partial charge is 0.494 e. The van der Waals surface area contributed by atoms with Crippen LogP contribution < -0.4 is 10.1 Å². The molecule has 0 saturated carbocycles. The smallest absolute Gasteiger partial charge is 0.119 e. The van der Waals surface area contributed by atoms with Gasteiger partial charge in [-0.3, -0.25) is 0 Å². The summed E-state index contributed by atoms with van der Waals surface area (Å²) in [5.41, 5.74) is 1.26. The lowest BCUT2D eigenvalue weighted by atomic mass is 10.2. The maximum atomic E-state index is 5.57. The Morgan fingerprint density at radius 3 is 2.60 bits per heavy atom. The normalized spacial score (nSPS) is 10.7. The molecule has 0 saturated heterocycles. The molecule has 0 radical (unpaired) electrons. The first kappa shape index (κ1) is 15.0. The number of thiazole rings is 1. The molecule has 0 unspecified atom stereocenters. The Kier molecular flexibility index (Phi) is 6.02. The van der Waals surface area contributed by atoms with Crippen LogP contribution in [0.5, 0.6) is 5.75 Å². The summed E-state index contributed by atoms with van der Waals surface area (Å²) >= 11 is 1.79. The van der Waals surface area contributed by atoms with Gasteiger partial charge in [0.05, 0.1) is 6.61 Å². The maximum absolute atomic E-state index is 5.57. The van der Waals surface area contributed by atoms with Gasteiger partial charge in [-0.15, -0.1) is 11.3 Å². The Labute approximate surface area is 125 Å². The molecule has 3 nitrogen and oxygen atoms in total. The number of nitrogens with zero attached hydrogens (tertiary/aromatic N) is 1. The fraction of sp³-hybridized carbons (Fsp3) is 0.438. The minimum Gasteiger partial charge on any atom is -0.494 e. The van der Waals surface area contributed by atoms with Crippen LogP contribution >= 0.6 is 11.3 Å². The Balaban J connectivity index is 1.76. The number of aryl methyl sites for hydroxylation is 1. The first-order valence-electron chi connectivity index (χ1n) is 7.17. The van der Waals surface area contributed by atoms with Crippen LogP contribution in [0, 0.1) is 0 Å². The molecule has 0 aliphatic carbocycles. The van der Waals surface area contributed by atoms with E-state index in [0.29, 0.717) is 0 Å². The number of hydrogen-bond donors (Lipinski definition) is 1. The van der Waals surface area contributed by atoms with Crippen molar-refractivity contribution in [1.29, 1.82) is 0 Å². The van der Waals surface area contributed by atoms with Crippen molar-refractivity contribution in [1.82, 2.24) is 10.3 Å². The molecule has 0 spiro atoms. The zero-order valence-corrected chi connectivity index (χ0v) is 13.0. The molecule has 0 fully saturated rings. The van der Waals surface area contributed by atoms with E-state index in [1.165, 1.54) is 10.4 Å². The summed E-state index contributed by atoms with van der Waals surface area (Å²) in [6.45, 7) is 6.74. The van der Waals surface area contributed by atoms with Gasteiger partial charge < -0.3 is 10.1 Å². The lowest BCUT2D eigenvalue weighted by molar-refractivity contribution is 0.317. The molecular formula is C16H22N2OS. The van der Waals surface area contributed by atoms with Gasteiger partial charge in [-0.05, 0) is 30.5 Å². The quantitative estimate of drug-likeness (QED) is 0.803. The summed E-state index contributed by atoms with van der Waals surface area (Å²) in [6, 6.07) is 8.28. The van der Waals surface area contributed by atoms with Gasteiger partial charge in [0.25, 0.3) is 0 Å². The summed E-state index contributed by atoms with van der Waals surface area (Å²) in [5.74, 6) is 0.947. The summed E-state index contributed by atoms with van der Waals surface area (Å²) in [5, 5.41) is 4.58. The molecule has 1 aromatic carbocycles. The predicted molar refractivity (Wildman–Crippen MR) is 84.3 cm³/mol. The third-order valence-electron chi connectivity index (χ3n) is 2.95. The monoisotopic (exact) mass is 290 g/mol. The van der Waals surface area contributed by atoms with Crippen LogP contribution in [-0.4, -0.2) is 11.6 Å². The molecule has 4 heteroatoms. The Morgan fingerprint density at radius 2 is 1.95 bits per heavy atom. The maximum Gasteiger partial charge on any atom is 0.119 e. The zero-order chi connectivity index (χ0) is 14.2. The van der Waals surface area contributed by atoms with E-state index in [1.807, 2.05) is 18.3 Å².